The Morgan fingerprint density at radius 2 is 2.06 bits per heavy atom. The number of aliphatic hydroxyl groups is 1. The molecule has 0 amide bonds. The zero-order valence-corrected chi connectivity index (χ0v) is 12.0. The van der Waals surface area contributed by atoms with E-state index in [1.807, 2.05) is 0 Å². The van der Waals surface area contributed by atoms with Crippen molar-refractivity contribution in [1.29, 1.82) is 0 Å². The molecular weight excluding hydrogens is 220 g/mol. The molecule has 0 aromatic heterocycles. The molecule has 1 saturated carbocycles. The van der Waals surface area contributed by atoms with Crippen molar-refractivity contribution >= 4 is 0 Å². The van der Waals surface area contributed by atoms with Gasteiger partial charge in [-0.3, -0.25) is 0 Å². The summed E-state index contributed by atoms with van der Waals surface area (Å²) in [7, 11) is 0. The second-order valence-electron chi connectivity index (χ2n) is 6.19. The molecule has 0 aliphatic heterocycles. The highest BCUT2D eigenvalue weighted by atomic mass is 16.3. The van der Waals surface area contributed by atoms with Crippen molar-refractivity contribution in [3.05, 3.63) is 34.9 Å². The lowest BCUT2D eigenvalue weighted by Gasteiger charge is -2.37. The van der Waals surface area contributed by atoms with Crippen LogP contribution < -0.4 is 0 Å². The molecule has 1 aliphatic carbocycles. The summed E-state index contributed by atoms with van der Waals surface area (Å²) < 4.78 is 0. The third-order valence-corrected chi connectivity index (χ3v) is 4.60. The second kappa shape index (κ2) is 5.44. The normalized spacial score (nSPS) is 28.3. The molecule has 0 saturated heterocycles. The third kappa shape index (κ3) is 3.14. The predicted octanol–water partition coefficient (Wildman–Crippen LogP) is 4.18. The van der Waals surface area contributed by atoms with Crippen molar-refractivity contribution in [2.75, 3.05) is 0 Å². The maximum atomic E-state index is 10.8. The second-order valence-corrected chi connectivity index (χ2v) is 6.19. The summed E-state index contributed by atoms with van der Waals surface area (Å²) in [5.41, 5.74) is 3.50. The van der Waals surface area contributed by atoms with Crippen LogP contribution in [0.25, 0.3) is 0 Å². The largest absolute Gasteiger partial charge is 0.390 e. The van der Waals surface area contributed by atoms with Crippen LogP contribution in [-0.4, -0.2) is 10.7 Å². The number of benzene rings is 1. The Balaban J connectivity index is 2.09. The number of rotatable bonds is 3. The zero-order valence-electron chi connectivity index (χ0n) is 12.0. The van der Waals surface area contributed by atoms with E-state index in [0.717, 1.165) is 25.2 Å². The van der Waals surface area contributed by atoms with Gasteiger partial charge in [0, 0.05) is 6.42 Å². The minimum absolute atomic E-state index is 0.458. The Labute approximate surface area is 111 Å². The minimum atomic E-state index is -0.458. The van der Waals surface area contributed by atoms with Crippen LogP contribution in [0.5, 0.6) is 0 Å². The quantitative estimate of drug-likeness (QED) is 0.848. The Bertz CT molecular complexity index is 410. The topological polar surface area (TPSA) is 20.2 Å². The monoisotopic (exact) mass is 246 g/mol. The van der Waals surface area contributed by atoms with Gasteiger partial charge in [0.05, 0.1) is 5.60 Å². The van der Waals surface area contributed by atoms with Crippen molar-refractivity contribution in [2.24, 2.45) is 5.92 Å². The smallest absolute Gasteiger partial charge is 0.0690 e. The molecule has 1 heteroatoms. The van der Waals surface area contributed by atoms with Crippen LogP contribution in [0.2, 0.25) is 0 Å². The predicted molar refractivity (Wildman–Crippen MR) is 76.8 cm³/mol. The van der Waals surface area contributed by atoms with Crippen LogP contribution in [0.4, 0.5) is 0 Å². The molecule has 2 unspecified atom stereocenters. The van der Waals surface area contributed by atoms with Crippen LogP contribution in [0, 0.1) is 19.8 Å². The van der Waals surface area contributed by atoms with Gasteiger partial charge >= 0.3 is 0 Å². The van der Waals surface area contributed by atoms with Gasteiger partial charge in [-0.2, -0.15) is 0 Å². The van der Waals surface area contributed by atoms with E-state index < -0.39 is 5.60 Å². The number of hydrogen-bond acceptors (Lipinski definition) is 1. The average molecular weight is 246 g/mol. The Kier molecular flexibility index (Phi) is 4.11. The Morgan fingerprint density at radius 1 is 1.28 bits per heavy atom. The first kappa shape index (κ1) is 13.6. The van der Waals surface area contributed by atoms with Crippen LogP contribution in [0.1, 0.15) is 55.7 Å². The average Bonchev–Trinajstić information content (AvgIpc) is 2.33. The van der Waals surface area contributed by atoms with E-state index in [4.69, 9.17) is 0 Å². The van der Waals surface area contributed by atoms with Gasteiger partial charge < -0.3 is 5.11 Å². The highest BCUT2D eigenvalue weighted by Crippen LogP contribution is 2.36. The third-order valence-electron chi connectivity index (χ3n) is 4.60. The van der Waals surface area contributed by atoms with Crippen LogP contribution >= 0.6 is 0 Å². The SMILES string of the molecule is CCC1CCCC(O)(Cc2ccc(C)c(C)c2)C1. The van der Waals surface area contributed by atoms with Crippen molar-refractivity contribution in [3.63, 3.8) is 0 Å². The summed E-state index contributed by atoms with van der Waals surface area (Å²) in [6, 6.07) is 6.59. The first-order chi connectivity index (χ1) is 8.52. The van der Waals surface area contributed by atoms with Crippen molar-refractivity contribution in [2.45, 2.75) is 64.9 Å². The summed E-state index contributed by atoms with van der Waals surface area (Å²) in [5.74, 6) is 0.718. The lowest BCUT2D eigenvalue weighted by atomic mass is 9.74. The summed E-state index contributed by atoms with van der Waals surface area (Å²) in [6.45, 7) is 6.53. The molecule has 100 valence electrons. The molecule has 1 aromatic rings. The highest BCUT2D eigenvalue weighted by Gasteiger charge is 2.33. The van der Waals surface area contributed by atoms with Gasteiger partial charge in [0.1, 0.15) is 0 Å². The molecular formula is C17H26O. The van der Waals surface area contributed by atoms with Crippen molar-refractivity contribution in [1.82, 2.24) is 0 Å². The Hall–Kier alpha value is -0.820. The molecule has 1 aliphatic rings. The molecule has 2 atom stereocenters. The first-order valence-corrected chi connectivity index (χ1v) is 7.31. The number of hydrogen-bond donors (Lipinski definition) is 1. The fourth-order valence-corrected chi connectivity index (χ4v) is 3.26. The molecule has 18 heavy (non-hydrogen) atoms. The molecule has 0 bridgehead atoms. The van der Waals surface area contributed by atoms with Crippen molar-refractivity contribution in [3.8, 4) is 0 Å². The van der Waals surface area contributed by atoms with E-state index in [9.17, 15) is 5.11 Å². The lowest BCUT2D eigenvalue weighted by Crippen LogP contribution is -2.37. The fraction of sp³-hybridized carbons (Fsp3) is 0.647. The molecule has 2 rings (SSSR count). The van der Waals surface area contributed by atoms with Crippen LogP contribution in [0.15, 0.2) is 18.2 Å². The lowest BCUT2D eigenvalue weighted by molar-refractivity contribution is -0.0162. The zero-order chi connectivity index (χ0) is 13.2. The standard InChI is InChI=1S/C17H26O/c1-4-15-6-5-9-17(18,11-15)12-16-8-7-13(2)14(3)10-16/h7-8,10,15,18H,4-6,9,11-12H2,1-3H3. The molecule has 1 fully saturated rings. The minimum Gasteiger partial charge on any atom is -0.390 e. The molecule has 1 N–H and O–H groups in total. The maximum Gasteiger partial charge on any atom is 0.0690 e. The molecule has 0 spiro atoms. The van der Waals surface area contributed by atoms with Gasteiger partial charge in [0.15, 0.2) is 0 Å². The van der Waals surface area contributed by atoms with Gasteiger partial charge in [0.2, 0.25) is 0 Å². The van der Waals surface area contributed by atoms with E-state index in [1.165, 1.54) is 36.0 Å². The summed E-state index contributed by atoms with van der Waals surface area (Å²) >= 11 is 0. The number of aryl methyl sites for hydroxylation is 2. The van der Waals surface area contributed by atoms with E-state index >= 15 is 0 Å². The molecule has 1 nitrogen and oxygen atoms in total. The Morgan fingerprint density at radius 3 is 2.72 bits per heavy atom. The van der Waals surface area contributed by atoms with Crippen LogP contribution in [-0.2, 0) is 6.42 Å². The summed E-state index contributed by atoms with van der Waals surface area (Å²) in [5, 5.41) is 10.8. The van der Waals surface area contributed by atoms with Gasteiger partial charge in [0.25, 0.3) is 0 Å². The van der Waals surface area contributed by atoms with Gasteiger partial charge in [-0.25, -0.2) is 0 Å². The fourth-order valence-electron chi connectivity index (χ4n) is 3.26. The highest BCUT2D eigenvalue weighted by molar-refractivity contribution is 5.30. The van der Waals surface area contributed by atoms with Gasteiger partial charge in [-0.05, 0) is 49.3 Å². The maximum absolute atomic E-state index is 10.8. The van der Waals surface area contributed by atoms with Crippen LogP contribution in [0.3, 0.4) is 0 Å². The molecule has 0 radical (unpaired) electrons. The van der Waals surface area contributed by atoms with Gasteiger partial charge in [-0.1, -0.05) is 44.4 Å². The van der Waals surface area contributed by atoms with E-state index in [2.05, 4.69) is 39.0 Å². The summed E-state index contributed by atoms with van der Waals surface area (Å²) in [6.07, 6.45) is 6.46. The first-order valence-electron chi connectivity index (χ1n) is 7.31. The van der Waals surface area contributed by atoms with Gasteiger partial charge in [-0.15, -0.1) is 0 Å². The van der Waals surface area contributed by atoms with E-state index in [1.54, 1.807) is 0 Å². The van der Waals surface area contributed by atoms with Crippen molar-refractivity contribution < 1.29 is 5.11 Å². The van der Waals surface area contributed by atoms with E-state index in [0.29, 0.717) is 0 Å². The van der Waals surface area contributed by atoms with E-state index in [-0.39, 0.29) is 0 Å². The molecule has 1 aromatic carbocycles. The molecule has 0 heterocycles. The summed E-state index contributed by atoms with van der Waals surface area (Å²) in [4.78, 5) is 0.